The quantitative estimate of drug-likeness (QED) is 0.510. The number of amides is 1. The summed E-state index contributed by atoms with van der Waals surface area (Å²) in [7, 11) is 1.58. The summed E-state index contributed by atoms with van der Waals surface area (Å²) in [6.07, 6.45) is 1.40. The number of benzene rings is 2. The number of methoxy groups -OCH3 is 1. The lowest BCUT2D eigenvalue weighted by atomic mass is 10.2. The van der Waals surface area contributed by atoms with Gasteiger partial charge in [0.25, 0.3) is 5.56 Å². The van der Waals surface area contributed by atoms with Crippen LogP contribution in [-0.4, -0.2) is 37.7 Å². The van der Waals surface area contributed by atoms with Crippen molar-refractivity contribution < 1.29 is 9.53 Å². The van der Waals surface area contributed by atoms with Gasteiger partial charge in [0.05, 0.1) is 17.2 Å². The first-order chi connectivity index (χ1) is 14.6. The van der Waals surface area contributed by atoms with Crippen molar-refractivity contribution in [3.05, 3.63) is 71.0 Å². The molecule has 0 spiro atoms. The lowest BCUT2D eigenvalue weighted by Gasteiger charge is -2.15. The summed E-state index contributed by atoms with van der Waals surface area (Å²) in [4.78, 5) is 34.2. The zero-order valence-corrected chi connectivity index (χ0v) is 16.5. The van der Waals surface area contributed by atoms with E-state index in [4.69, 9.17) is 4.74 Å². The topological polar surface area (TPSA) is 115 Å². The summed E-state index contributed by atoms with van der Waals surface area (Å²) in [5, 5.41) is 10.3. The van der Waals surface area contributed by atoms with Crippen molar-refractivity contribution in [1.29, 1.82) is 0 Å². The second kappa shape index (κ2) is 8.26. The smallest absolute Gasteiger partial charge is 0.261 e. The molecule has 0 unspecified atom stereocenters. The second-order valence-electron chi connectivity index (χ2n) is 6.76. The number of aromatic nitrogens is 5. The Kier molecular flexibility index (Phi) is 5.36. The van der Waals surface area contributed by atoms with E-state index in [0.29, 0.717) is 34.8 Å². The van der Waals surface area contributed by atoms with Crippen molar-refractivity contribution in [2.45, 2.75) is 19.6 Å². The highest BCUT2D eigenvalue weighted by molar-refractivity contribution is 5.94. The number of hydrogen-bond donors (Lipinski definition) is 2. The van der Waals surface area contributed by atoms with Gasteiger partial charge in [-0.2, -0.15) is 5.10 Å². The van der Waals surface area contributed by atoms with Crippen LogP contribution in [0.25, 0.3) is 22.3 Å². The Morgan fingerprint density at radius 3 is 2.90 bits per heavy atom. The first-order valence-corrected chi connectivity index (χ1v) is 9.34. The van der Waals surface area contributed by atoms with Crippen LogP contribution in [-0.2, 0) is 16.1 Å². The molecular weight excluding hydrogens is 384 g/mol. The van der Waals surface area contributed by atoms with E-state index in [2.05, 4.69) is 25.5 Å². The molecule has 0 saturated heterocycles. The van der Waals surface area contributed by atoms with E-state index in [-0.39, 0.29) is 11.5 Å². The van der Waals surface area contributed by atoms with Crippen molar-refractivity contribution >= 4 is 22.5 Å². The molecule has 30 heavy (non-hydrogen) atoms. The summed E-state index contributed by atoms with van der Waals surface area (Å²) < 4.78 is 6.36. The number of H-pyrrole nitrogens is 1. The number of nitrogens with zero attached hydrogens (tertiary/aromatic N) is 4. The van der Waals surface area contributed by atoms with Crippen LogP contribution in [0, 0.1) is 0 Å². The molecular formula is C21H20N6O3. The normalized spacial score (nSPS) is 12.1. The maximum Gasteiger partial charge on any atom is 0.261 e. The van der Waals surface area contributed by atoms with E-state index in [1.165, 1.54) is 10.9 Å². The predicted molar refractivity (Wildman–Crippen MR) is 112 cm³/mol. The Bertz CT molecular complexity index is 1260. The molecule has 2 heterocycles. The van der Waals surface area contributed by atoms with Crippen LogP contribution in [0.5, 0.6) is 0 Å². The largest absolute Gasteiger partial charge is 0.377 e. The molecule has 2 N–H and O–H groups in total. The first kappa shape index (κ1) is 19.5. The number of fused-ring (bicyclic) bond motifs is 1. The number of anilines is 1. The molecule has 2 aromatic carbocycles. The molecule has 4 aromatic rings. The Morgan fingerprint density at radius 2 is 2.07 bits per heavy atom. The van der Waals surface area contributed by atoms with Crippen LogP contribution >= 0.6 is 0 Å². The van der Waals surface area contributed by atoms with Crippen molar-refractivity contribution in [3.8, 4) is 11.4 Å². The molecule has 0 aliphatic rings. The van der Waals surface area contributed by atoms with E-state index in [1.807, 2.05) is 12.1 Å². The van der Waals surface area contributed by atoms with E-state index in [9.17, 15) is 9.59 Å². The maximum atomic E-state index is 12.8. The summed E-state index contributed by atoms with van der Waals surface area (Å²) >= 11 is 0. The average molecular weight is 404 g/mol. The van der Waals surface area contributed by atoms with Crippen molar-refractivity contribution in [3.63, 3.8) is 0 Å². The second-order valence-corrected chi connectivity index (χ2v) is 6.76. The molecule has 0 fully saturated rings. The minimum Gasteiger partial charge on any atom is -0.377 e. The molecule has 9 heteroatoms. The Labute approximate surface area is 171 Å². The van der Waals surface area contributed by atoms with Crippen molar-refractivity contribution in [2.75, 3.05) is 12.4 Å². The molecule has 1 amide bonds. The third-order valence-electron chi connectivity index (χ3n) is 4.69. The van der Waals surface area contributed by atoms with Crippen LogP contribution in [0.4, 0.5) is 5.69 Å². The molecule has 1 atom stereocenters. The fourth-order valence-corrected chi connectivity index (χ4v) is 3.09. The van der Waals surface area contributed by atoms with Gasteiger partial charge in [0.2, 0.25) is 5.91 Å². The van der Waals surface area contributed by atoms with Gasteiger partial charge in [0, 0.05) is 18.4 Å². The summed E-state index contributed by atoms with van der Waals surface area (Å²) in [5.41, 5.74) is 1.65. The van der Waals surface area contributed by atoms with Crippen molar-refractivity contribution in [1.82, 2.24) is 24.7 Å². The Morgan fingerprint density at radius 1 is 1.23 bits per heavy atom. The van der Waals surface area contributed by atoms with Gasteiger partial charge in [0.1, 0.15) is 12.6 Å². The van der Waals surface area contributed by atoms with Gasteiger partial charge in [-0.05, 0) is 31.2 Å². The highest BCUT2D eigenvalue weighted by Gasteiger charge is 2.18. The standard InChI is InChI=1S/C21H20N6O3/c1-13(27-12-22-17-9-4-3-8-16(17)21(27)29)20(28)23-15-7-5-6-14(10-15)19-24-18(11-30-2)25-26-19/h3-10,12-13H,11H2,1-2H3,(H,23,28)(H,24,25,26)/t13-/m0/s1. The molecule has 9 nitrogen and oxygen atoms in total. The number of aromatic amines is 1. The monoisotopic (exact) mass is 404 g/mol. The molecule has 152 valence electrons. The first-order valence-electron chi connectivity index (χ1n) is 9.34. The van der Waals surface area contributed by atoms with Gasteiger partial charge in [-0.15, -0.1) is 0 Å². The zero-order chi connectivity index (χ0) is 21.1. The van der Waals surface area contributed by atoms with E-state index >= 15 is 0 Å². The fourth-order valence-electron chi connectivity index (χ4n) is 3.09. The zero-order valence-electron chi connectivity index (χ0n) is 16.5. The molecule has 2 aromatic heterocycles. The molecule has 0 bridgehead atoms. The van der Waals surface area contributed by atoms with Crippen LogP contribution in [0.15, 0.2) is 59.7 Å². The fraction of sp³-hybridized carbons (Fsp3) is 0.190. The molecule has 0 radical (unpaired) electrons. The van der Waals surface area contributed by atoms with Gasteiger partial charge < -0.3 is 10.1 Å². The van der Waals surface area contributed by atoms with E-state index in [1.54, 1.807) is 50.4 Å². The Hall–Kier alpha value is -3.85. The van der Waals surface area contributed by atoms with Gasteiger partial charge in [0.15, 0.2) is 11.6 Å². The predicted octanol–water partition coefficient (Wildman–Crippen LogP) is 2.53. The third-order valence-corrected chi connectivity index (χ3v) is 4.69. The minimum absolute atomic E-state index is 0.261. The summed E-state index contributed by atoms with van der Waals surface area (Å²) in [6.45, 7) is 1.98. The number of nitrogens with one attached hydrogen (secondary N) is 2. The lowest BCUT2D eigenvalue weighted by Crippen LogP contribution is -2.31. The lowest BCUT2D eigenvalue weighted by molar-refractivity contribution is -0.118. The Balaban J connectivity index is 1.55. The molecule has 0 aliphatic carbocycles. The molecule has 0 aliphatic heterocycles. The van der Waals surface area contributed by atoms with Crippen LogP contribution < -0.4 is 10.9 Å². The van der Waals surface area contributed by atoms with Crippen LogP contribution in [0.3, 0.4) is 0 Å². The number of carbonyl (C=O) groups excluding carboxylic acids is 1. The third kappa shape index (κ3) is 3.83. The number of ether oxygens (including phenoxy) is 1. The average Bonchev–Trinajstić information content (AvgIpc) is 3.23. The number of para-hydroxylation sites is 1. The molecule has 4 rings (SSSR count). The van der Waals surface area contributed by atoms with Gasteiger partial charge in [-0.3, -0.25) is 19.3 Å². The highest BCUT2D eigenvalue weighted by Crippen LogP contribution is 2.20. The van der Waals surface area contributed by atoms with Crippen LogP contribution in [0.1, 0.15) is 18.8 Å². The number of hydrogen-bond acceptors (Lipinski definition) is 6. The van der Waals surface area contributed by atoms with Gasteiger partial charge >= 0.3 is 0 Å². The highest BCUT2D eigenvalue weighted by atomic mass is 16.5. The van der Waals surface area contributed by atoms with Gasteiger partial charge in [-0.25, -0.2) is 9.97 Å². The SMILES string of the molecule is COCc1nc(-c2cccc(NC(=O)[C@H](C)n3cnc4ccccc4c3=O)c2)n[nH]1. The maximum absolute atomic E-state index is 12.8. The summed E-state index contributed by atoms with van der Waals surface area (Å²) in [6, 6.07) is 13.5. The van der Waals surface area contributed by atoms with E-state index in [0.717, 1.165) is 5.56 Å². The molecule has 0 saturated carbocycles. The number of carbonyl (C=O) groups is 1. The number of rotatable bonds is 6. The van der Waals surface area contributed by atoms with Crippen molar-refractivity contribution in [2.24, 2.45) is 0 Å². The van der Waals surface area contributed by atoms with Gasteiger partial charge in [-0.1, -0.05) is 24.3 Å². The van der Waals surface area contributed by atoms with E-state index < -0.39 is 6.04 Å². The minimum atomic E-state index is -0.741. The summed E-state index contributed by atoms with van der Waals surface area (Å²) in [5.74, 6) is 0.779. The van der Waals surface area contributed by atoms with Crippen LogP contribution in [0.2, 0.25) is 0 Å².